The van der Waals surface area contributed by atoms with E-state index in [0.29, 0.717) is 11.5 Å². The number of nitroso groups, excluding NO2 is 1. The highest BCUT2D eigenvalue weighted by Gasteiger charge is 2.18. The van der Waals surface area contributed by atoms with Crippen molar-refractivity contribution in [1.82, 2.24) is 15.0 Å². The SMILES string of the molecule is O=Nc1cccnc1N1CCC(=CC#Cc2ccc3nccnc3c2)CC1. The van der Waals surface area contributed by atoms with Crippen molar-refractivity contribution in [3.8, 4) is 11.8 Å². The predicted molar refractivity (Wildman–Crippen MR) is 106 cm³/mol. The number of fused-ring (bicyclic) bond motifs is 1. The average molecular weight is 355 g/mol. The first-order valence-corrected chi connectivity index (χ1v) is 8.77. The summed E-state index contributed by atoms with van der Waals surface area (Å²) >= 11 is 0. The zero-order valence-corrected chi connectivity index (χ0v) is 14.7. The van der Waals surface area contributed by atoms with E-state index in [1.807, 2.05) is 24.3 Å². The molecule has 3 aromatic rings. The normalized spacial score (nSPS) is 13.8. The molecule has 4 rings (SSSR count). The van der Waals surface area contributed by atoms with Crippen LogP contribution in [0.2, 0.25) is 0 Å². The monoisotopic (exact) mass is 355 g/mol. The van der Waals surface area contributed by atoms with Gasteiger partial charge in [0.05, 0.1) is 11.0 Å². The van der Waals surface area contributed by atoms with Gasteiger partial charge in [-0.25, -0.2) is 4.98 Å². The minimum Gasteiger partial charge on any atom is -0.354 e. The van der Waals surface area contributed by atoms with Crippen molar-refractivity contribution in [2.45, 2.75) is 12.8 Å². The number of allylic oxidation sites excluding steroid dienone is 1. The van der Waals surface area contributed by atoms with Crippen LogP contribution in [0.4, 0.5) is 11.5 Å². The maximum Gasteiger partial charge on any atom is 0.158 e. The van der Waals surface area contributed by atoms with Crippen LogP contribution in [0.25, 0.3) is 11.0 Å². The molecule has 132 valence electrons. The van der Waals surface area contributed by atoms with Crippen LogP contribution < -0.4 is 4.90 Å². The molecule has 0 amide bonds. The zero-order chi connectivity index (χ0) is 18.5. The number of pyridine rings is 1. The van der Waals surface area contributed by atoms with Crippen LogP contribution in [-0.4, -0.2) is 28.0 Å². The number of nitrogens with zero attached hydrogens (tertiary/aromatic N) is 5. The largest absolute Gasteiger partial charge is 0.354 e. The molecule has 6 heteroatoms. The first-order chi connectivity index (χ1) is 13.3. The second-order valence-corrected chi connectivity index (χ2v) is 6.26. The number of hydrogen-bond acceptors (Lipinski definition) is 6. The Balaban J connectivity index is 1.43. The van der Waals surface area contributed by atoms with Gasteiger partial charge in [-0.3, -0.25) is 9.97 Å². The van der Waals surface area contributed by atoms with Gasteiger partial charge in [0.2, 0.25) is 0 Å². The van der Waals surface area contributed by atoms with Crippen LogP contribution in [0.5, 0.6) is 0 Å². The van der Waals surface area contributed by atoms with Gasteiger partial charge >= 0.3 is 0 Å². The molecular weight excluding hydrogens is 338 g/mol. The third-order valence-corrected chi connectivity index (χ3v) is 4.53. The molecule has 0 N–H and O–H groups in total. The molecular formula is C21H17N5O. The Labute approximate surface area is 157 Å². The molecule has 0 bridgehead atoms. The Morgan fingerprint density at radius 1 is 1.00 bits per heavy atom. The van der Waals surface area contributed by atoms with Gasteiger partial charge in [-0.15, -0.1) is 4.91 Å². The van der Waals surface area contributed by atoms with Crippen molar-refractivity contribution in [2.24, 2.45) is 5.18 Å². The molecule has 2 aromatic heterocycles. The summed E-state index contributed by atoms with van der Waals surface area (Å²) in [5.41, 5.74) is 4.33. The van der Waals surface area contributed by atoms with Crippen molar-refractivity contribution in [1.29, 1.82) is 0 Å². The van der Waals surface area contributed by atoms with Gasteiger partial charge in [0.1, 0.15) is 5.69 Å². The number of anilines is 1. The third-order valence-electron chi connectivity index (χ3n) is 4.53. The summed E-state index contributed by atoms with van der Waals surface area (Å²) in [5.74, 6) is 6.98. The van der Waals surface area contributed by atoms with Crippen LogP contribution in [0, 0.1) is 16.7 Å². The highest BCUT2D eigenvalue weighted by Crippen LogP contribution is 2.28. The predicted octanol–water partition coefficient (Wildman–Crippen LogP) is 4.00. The van der Waals surface area contributed by atoms with Gasteiger partial charge in [0.25, 0.3) is 0 Å². The van der Waals surface area contributed by atoms with Crippen molar-refractivity contribution >= 4 is 22.5 Å². The number of benzene rings is 1. The first-order valence-electron chi connectivity index (χ1n) is 8.77. The molecule has 1 aromatic carbocycles. The minimum absolute atomic E-state index is 0.393. The number of piperidine rings is 1. The topological polar surface area (TPSA) is 71.3 Å². The quantitative estimate of drug-likeness (QED) is 0.513. The molecule has 6 nitrogen and oxygen atoms in total. The molecule has 27 heavy (non-hydrogen) atoms. The lowest BCUT2D eigenvalue weighted by Crippen LogP contribution is -2.31. The standard InChI is InChI=1S/C21H17N5O/c27-25-19-5-2-10-24-21(19)26-13-8-16(9-14-26)3-1-4-17-6-7-18-20(15-17)23-12-11-22-18/h2-3,5-7,10-12,15H,8-9,13-14H2. The van der Waals surface area contributed by atoms with Crippen molar-refractivity contribution < 1.29 is 0 Å². The molecule has 0 atom stereocenters. The minimum atomic E-state index is 0.393. The van der Waals surface area contributed by atoms with Crippen LogP contribution in [0.1, 0.15) is 18.4 Å². The molecule has 1 saturated heterocycles. The fraction of sp³-hybridized carbons (Fsp3) is 0.190. The molecule has 1 fully saturated rings. The van der Waals surface area contributed by atoms with Crippen molar-refractivity contribution in [3.63, 3.8) is 0 Å². The van der Waals surface area contributed by atoms with E-state index in [-0.39, 0.29) is 0 Å². The van der Waals surface area contributed by atoms with Gasteiger partial charge < -0.3 is 4.90 Å². The molecule has 0 unspecified atom stereocenters. The lowest BCUT2D eigenvalue weighted by atomic mass is 10.0. The Morgan fingerprint density at radius 2 is 1.81 bits per heavy atom. The second kappa shape index (κ2) is 7.75. The van der Waals surface area contributed by atoms with E-state index in [1.165, 1.54) is 5.57 Å². The molecule has 0 aliphatic carbocycles. The van der Waals surface area contributed by atoms with E-state index in [4.69, 9.17) is 0 Å². The molecule has 3 heterocycles. The fourth-order valence-corrected chi connectivity index (χ4v) is 3.12. The van der Waals surface area contributed by atoms with Gasteiger partial charge in [-0.1, -0.05) is 17.4 Å². The summed E-state index contributed by atoms with van der Waals surface area (Å²) in [4.78, 5) is 25.9. The van der Waals surface area contributed by atoms with Crippen LogP contribution in [0.3, 0.4) is 0 Å². The van der Waals surface area contributed by atoms with Gasteiger partial charge in [-0.05, 0) is 54.4 Å². The number of hydrogen-bond donors (Lipinski definition) is 0. The molecule has 0 saturated carbocycles. The van der Waals surface area contributed by atoms with E-state index < -0.39 is 0 Å². The van der Waals surface area contributed by atoms with E-state index in [0.717, 1.165) is 42.5 Å². The second-order valence-electron chi connectivity index (χ2n) is 6.26. The van der Waals surface area contributed by atoms with E-state index in [2.05, 4.69) is 36.9 Å². The van der Waals surface area contributed by atoms with Gasteiger partial charge in [0, 0.05) is 37.2 Å². The summed E-state index contributed by atoms with van der Waals surface area (Å²) < 4.78 is 0. The Kier molecular flexibility index (Phi) is 4.84. The van der Waals surface area contributed by atoms with Crippen LogP contribution in [0.15, 0.2) is 65.7 Å². The van der Waals surface area contributed by atoms with E-state index >= 15 is 0 Å². The summed E-state index contributed by atoms with van der Waals surface area (Å²) in [7, 11) is 0. The maximum absolute atomic E-state index is 10.9. The number of aromatic nitrogens is 3. The smallest absolute Gasteiger partial charge is 0.158 e. The average Bonchev–Trinajstić information content (AvgIpc) is 2.74. The summed E-state index contributed by atoms with van der Waals surface area (Å²) in [5, 5.41) is 3.07. The van der Waals surface area contributed by atoms with E-state index in [1.54, 1.807) is 30.7 Å². The Hall–Kier alpha value is -3.59. The van der Waals surface area contributed by atoms with Crippen LogP contribution in [-0.2, 0) is 0 Å². The van der Waals surface area contributed by atoms with Gasteiger partial charge in [-0.2, -0.15) is 0 Å². The Bertz CT molecular complexity index is 1070. The lowest BCUT2D eigenvalue weighted by molar-refractivity contribution is 0.678. The zero-order valence-electron chi connectivity index (χ0n) is 14.7. The van der Waals surface area contributed by atoms with Gasteiger partial charge in [0.15, 0.2) is 5.82 Å². The molecule has 1 aliphatic rings. The highest BCUT2D eigenvalue weighted by molar-refractivity contribution is 5.75. The summed E-state index contributed by atoms with van der Waals surface area (Å²) in [6, 6.07) is 9.26. The first kappa shape index (κ1) is 16.9. The van der Waals surface area contributed by atoms with E-state index in [9.17, 15) is 4.91 Å². The highest BCUT2D eigenvalue weighted by atomic mass is 16.3. The van der Waals surface area contributed by atoms with Crippen molar-refractivity contribution in [3.05, 3.63) is 71.0 Å². The molecule has 0 spiro atoms. The summed E-state index contributed by atoms with van der Waals surface area (Å²) in [6.45, 7) is 1.61. The maximum atomic E-state index is 10.9. The lowest BCUT2D eigenvalue weighted by Gasteiger charge is -2.29. The third kappa shape index (κ3) is 3.82. The molecule has 0 radical (unpaired) electrons. The van der Waals surface area contributed by atoms with Crippen molar-refractivity contribution in [2.75, 3.05) is 18.0 Å². The van der Waals surface area contributed by atoms with Crippen LogP contribution >= 0.6 is 0 Å². The number of rotatable bonds is 2. The fourth-order valence-electron chi connectivity index (χ4n) is 3.12. The summed E-state index contributed by atoms with van der Waals surface area (Å²) in [6.07, 6.45) is 8.84. The Morgan fingerprint density at radius 3 is 2.63 bits per heavy atom. The molecule has 1 aliphatic heterocycles.